The van der Waals surface area contributed by atoms with E-state index in [1.165, 1.54) is 6.07 Å². The highest BCUT2D eigenvalue weighted by molar-refractivity contribution is 7.12. The van der Waals surface area contributed by atoms with Gasteiger partial charge in [0.2, 0.25) is 0 Å². The highest BCUT2D eigenvalue weighted by atomic mass is 32.1. The van der Waals surface area contributed by atoms with Crippen LogP contribution >= 0.6 is 11.3 Å². The van der Waals surface area contributed by atoms with E-state index in [0.717, 1.165) is 6.07 Å². The largest absolute Gasteiger partial charge is 0.425 e. The molecule has 0 saturated heterocycles. The van der Waals surface area contributed by atoms with Gasteiger partial charge in [0.25, 0.3) is 0 Å². The lowest BCUT2D eigenvalue weighted by Gasteiger charge is -1.99. The average Bonchev–Trinajstić information content (AvgIpc) is 2.32. The van der Waals surface area contributed by atoms with Crippen LogP contribution in [-0.2, 0) is 6.18 Å². The standard InChI is InChI=1S/C7H3F3S/c1-2-5-3-4-6(11-5)7(8,9)10/h1,3-4H. The quantitative estimate of drug-likeness (QED) is 0.533. The first-order valence-corrected chi connectivity index (χ1v) is 3.49. The normalized spacial score (nSPS) is 11.1. The van der Waals surface area contributed by atoms with E-state index >= 15 is 0 Å². The lowest BCUT2D eigenvalue weighted by Crippen LogP contribution is -2.00. The third kappa shape index (κ3) is 1.75. The molecule has 0 radical (unpaired) electrons. The number of terminal acetylenes is 1. The minimum absolute atomic E-state index is 0.303. The molecule has 0 spiro atoms. The van der Waals surface area contributed by atoms with E-state index in [0.29, 0.717) is 16.2 Å². The molecule has 1 heterocycles. The van der Waals surface area contributed by atoms with Gasteiger partial charge in [-0.05, 0) is 12.1 Å². The first-order chi connectivity index (χ1) is 5.04. The van der Waals surface area contributed by atoms with Crippen molar-refractivity contribution >= 4 is 11.3 Å². The summed E-state index contributed by atoms with van der Waals surface area (Å²) >= 11 is 0.579. The van der Waals surface area contributed by atoms with E-state index in [1.54, 1.807) is 0 Å². The second kappa shape index (κ2) is 2.59. The lowest BCUT2D eigenvalue weighted by atomic mass is 10.4. The molecule has 1 aromatic rings. The summed E-state index contributed by atoms with van der Waals surface area (Å²) in [6.45, 7) is 0. The third-order valence-electron chi connectivity index (χ3n) is 1.03. The van der Waals surface area contributed by atoms with Gasteiger partial charge >= 0.3 is 6.18 Å². The maximum absolute atomic E-state index is 11.9. The Labute approximate surface area is 65.7 Å². The Hall–Kier alpha value is -0.950. The van der Waals surface area contributed by atoms with Crippen molar-refractivity contribution in [1.82, 2.24) is 0 Å². The molecule has 0 fully saturated rings. The van der Waals surface area contributed by atoms with Crippen LogP contribution < -0.4 is 0 Å². The predicted molar refractivity (Wildman–Crippen MR) is 37.3 cm³/mol. The summed E-state index contributed by atoms with van der Waals surface area (Å²) < 4.78 is 35.6. The van der Waals surface area contributed by atoms with Gasteiger partial charge in [0.1, 0.15) is 4.88 Å². The molecule has 0 amide bonds. The van der Waals surface area contributed by atoms with Crippen molar-refractivity contribution in [2.75, 3.05) is 0 Å². The van der Waals surface area contributed by atoms with Crippen LogP contribution in [0.25, 0.3) is 0 Å². The third-order valence-corrected chi connectivity index (χ3v) is 2.09. The van der Waals surface area contributed by atoms with Crippen LogP contribution in [0.4, 0.5) is 13.2 Å². The molecule has 0 saturated carbocycles. The van der Waals surface area contributed by atoms with Crippen molar-refractivity contribution in [3.63, 3.8) is 0 Å². The number of hydrogen-bond acceptors (Lipinski definition) is 1. The van der Waals surface area contributed by atoms with Gasteiger partial charge in [0.05, 0.1) is 4.88 Å². The topological polar surface area (TPSA) is 0 Å². The van der Waals surface area contributed by atoms with Crippen LogP contribution in [0.15, 0.2) is 12.1 Å². The molecule has 0 aliphatic heterocycles. The second-order valence-corrected chi connectivity index (χ2v) is 2.89. The molecule has 1 rings (SSSR count). The zero-order valence-corrected chi connectivity index (χ0v) is 6.09. The highest BCUT2D eigenvalue weighted by Gasteiger charge is 2.32. The molecule has 0 bridgehead atoms. The molecule has 0 atom stereocenters. The van der Waals surface area contributed by atoms with Crippen molar-refractivity contribution in [1.29, 1.82) is 0 Å². The first-order valence-electron chi connectivity index (χ1n) is 2.67. The van der Waals surface area contributed by atoms with Gasteiger partial charge in [0.15, 0.2) is 0 Å². The Kier molecular flexibility index (Phi) is 1.92. The van der Waals surface area contributed by atoms with E-state index in [9.17, 15) is 13.2 Å². The van der Waals surface area contributed by atoms with Crippen molar-refractivity contribution in [3.8, 4) is 12.3 Å². The summed E-state index contributed by atoms with van der Waals surface area (Å²) in [5.41, 5.74) is 0. The van der Waals surface area contributed by atoms with Crippen molar-refractivity contribution in [3.05, 3.63) is 21.9 Å². The maximum Gasteiger partial charge on any atom is 0.425 e. The van der Waals surface area contributed by atoms with Gasteiger partial charge in [-0.3, -0.25) is 0 Å². The molecular weight excluding hydrogens is 173 g/mol. The highest BCUT2D eigenvalue weighted by Crippen LogP contribution is 2.34. The number of alkyl halides is 3. The van der Waals surface area contributed by atoms with Crippen LogP contribution in [0.3, 0.4) is 0 Å². The van der Waals surface area contributed by atoms with Gasteiger partial charge in [0, 0.05) is 0 Å². The molecule has 58 valence electrons. The molecule has 0 aliphatic rings. The minimum Gasteiger partial charge on any atom is -0.165 e. The van der Waals surface area contributed by atoms with Crippen LogP contribution in [0.2, 0.25) is 0 Å². The molecule has 11 heavy (non-hydrogen) atoms. The van der Waals surface area contributed by atoms with Crippen molar-refractivity contribution in [2.24, 2.45) is 0 Å². The van der Waals surface area contributed by atoms with Crippen molar-refractivity contribution < 1.29 is 13.2 Å². The Morgan fingerprint density at radius 3 is 2.27 bits per heavy atom. The zero-order valence-electron chi connectivity index (χ0n) is 5.27. The molecular formula is C7H3F3S. The first kappa shape index (κ1) is 8.15. The maximum atomic E-state index is 11.9. The van der Waals surface area contributed by atoms with Crippen LogP contribution in [0.5, 0.6) is 0 Å². The second-order valence-electron chi connectivity index (χ2n) is 1.81. The molecule has 0 unspecified atom stereocenters. The monoisotopic (exact) mass is 176 g/mol. The summed E-state index contributed by atoms with van der Waals surface area (Å²) in [6.07, 6.45) is 0.635. The van der Waals surface area contributed by atoms with Gasteiger partial charge in [-0.1, -0.05) is 5.92 Å². The summed E-state index contributed by atoms with van der Waals surface area (Å²) in [4.78, 5) is -0.345. The van der Waals surface area contributed by atoms with Gasteiger partial charge in [-0.15, -0.1) is 17.8 Å². The number of rotatable bonds is 0. The van der Waals surface area contributed by atoms with E-state index < -0.39 is 11.1 Å². The molecule has 0 aliphatic carbocycles. The summed E-state index contributed by atoms with van der Waals surface area (Å²) in [6, 6.07) is 2.27. The lowest BCUT2D eigenvalue weighted by molar-refractivity contribution is -0.134. The fourth-order valence-corrected chi connectivity index (χ4v) is 1.25. The van der Waals surface area contributed by atoms with E-state index in [-0.39, 0.29) is 0 Å². The summed E-state index contributed by atoms with van der Waals surface area (Å²) in [5.74, 6) is 2.14. The molecule has 0 aromatic carbocycles. The fraction of sp³-hybridized carbons (Fsp3) is 0.143. The fourth-order valence-electron chi connectivity index (χ4n) is 0.568. The van der Waals surface area contributed by atoms with Gasteiger partial charge < -0.3 is 0 Å². The van der Waals surface area contributed by atoms with Gasteiger partial charge in [-0.25, -0.2) is 0 Å². The van der Waals surface area contributed by atoms with E-state index in [1.807, 2.05) is 0 Å². The van der Waals surface area contributed by atoms with Crippen LogP contribution in [0.1, 0.15) is 9.75 Å². The Balaban J connectivity index is 3.01. The Morgan fingerprint density at radius 1 is 1.36 bits per heavy atom. The Bertz CT molecular complexity index is 289. The molecule has 0 N–H and O–H groups in total. The average molecular weight is 176 g/mol. The Morgan fingerprint density at radius 2 is 2.00 bits per heavy atom. The zero-order chi connectivity index (χ0) is 8.48. The molecule has 1 aromatic heterocycles. The number of halogens is 3. The smallest absolute Gasteiger partial charge is 0.165 e. The van der Waals surface area contributed by atoms with Crippen molar-refractivity contribution in [2.45, 2.75) is 6.18 Å². The van der Waals surface area contributed by atoms with E-state index in [2.05, 4.69) is 5.92 Å². The van der Waals surface area contributed by atoms with Crippen LogP contribution in [0, 0.1) is 12.3 Å². The van der Waals surface area contributed by atoms with Gasteiger partial charge in [-0.2, -0.15) is 13.2 Å². The minimum atomic E-state index is -4.26. The number of thiophene rings is 1. The van der Waals surface area contributed by atoms with E-state index in [4.69, 9.17) is 6.42 Å². The molecule has 4 heteroatoms. The summed E-state index contributed by atoms with van der Waals surface area (Å²) in [5, 5.41) is 0. The molecule has 0 nitrogen and oxygen atoms in total. The summed E-state index contributed by atoms with van der Waals surface area (Å²) in [7, 11) is 0. The SMILES string of the molecule is C#Cc1ccc(C(F)(F)F)s1. The number of hydrogen-bond donors (Lipinski definition) is 0. The van der Waals surface area contributed by atoms with Crippen LogP contribution in [-0.4, -0.2) is 0 Å². The predicted octanol–water partition coefficient (Wildman–Crippen LogP) is 2.75.